The predicted octanol–water partition coefficient (Wildman–Crippen LogP) is 2.40. The molecule has 104 valence electrons. The smallest absolute Gasteiger partial charge is 0.226 e. The number of halogens is 2. The minimum atomic E-state index is -0.475. The summed E-state index contributed by atoms with van der Waals surface area (Å²) >= 11 is 10.7. The molecule has 1 aromatic carbocycles. The van der Waals surface area contributed by atoms with Crippen LogP contribution in [-0.4, -0.2) is 29.4 Å². The van der Waals surface area contributed by atoms with Gasteiger partial charge in [0.15, 0.2) is 0 Å². The molecule has 0 heterocycles. The van der Waals surface area contributed by atoms with Crippen LogP contribution in [-0.2, 0) is 11.2 Å². The molecule has 2 N–H and O–H groups in total. The lowest BCUT2D eigenvalue weighted by Crippen LogP contribution is -2.36. The number of likely N-dealkylation sites (N-methyl/N-ethyl adjacent to an activating group) is 1. The molecule has 6 heteroatoms. The van der Waals surface area contributed by atoms with Crippen LogP contribution in [0.15, 0.2) is 18.2 Å². The van der Waals surface area contributed by atoms with Gasteiger partial charge >= 0.3 is 0 Å². The van der Waals surface area contributed by atoms with E-state index >= 15 is 0 Å². The Morgan fingerprint density at radius 1 is 1.58 bits per heavy atom. The van der Waals surface area contributed by atoms with Crippen molar-refractivity contribution in [2.75, 3.05) is 13.6 Å². The number of carbonyl (C=O) groups is 1. The molecule has 19 heavy (non-hydrogen) atoms. The molecule has 0 aliphatic rings. The second-order valence-corrected chi connectivity index (χ2v) is 5.33. The maximum absolute atomic E-state index is 13.6. The SMILES string of the molecule is CC(CN(C)C(=O)Cc1c(F)cccc1Cl)C(N)=S. The first-order valence-electron chi connectivity index (χ1n) is 5.79. The second-order valence-electron chi connectivity index (χ2n) is 4.45. The molecule has 0 aliphatic heterocycles. The Kier molecular flexibility index (Phi) is 5.69. The topological polar surface area (TPSA) is 46.3 Å². The standard InChI is InChI=1S/C13H16ClFN2OS/c1-8(13(16)19)7-17(2)12(18)6-9-10(14)4-3-5-11(9)15/h3-5,8H,6-7H2,1-2H3,(H2,16,19). The lowest BCUT2D eigenvalue weighted by atomic mass is 10.1. The van der Waals surface area contributed by atoms with E-state index in [1.807, 2.05) is 6.92 Å². The van der Waals surface area contributed by atoms with Crippen molar-refractivity contribution in [3.63, 3.8) is 0 Å². The van der Waals surface area contributed by atoms with Gasteiger partial charge in [0.2, 0.25) is 5.91 Å². The van der Waals surface area contributed by atoms with E-state index in [1.165, 1.54) is 17.0 Å². The van der Waals surface area contributed by atoms with E-state index in [0.29, 0.717) is 11.5 Å². The van der Waals surface area contributed by atoms with Crippen molar-refractivity contribution in [3.8, 4) is 0 Å². The highest BCUT2D eigenvalue weighted by atomic mass is 35.5. The summed E-state index contributed by atoms with van der Waals surface area (Å²) in [6.07, 6.45) is -0.0773. The van der Waals surface area contributed by atoms with Crippen LogP contribution in [0.5, 0.6) is 0 Å². The molecule has 0 bridgehead atoms. The first kappa shape index (κ1) is 15.9. The number of nitrogens with zero attached hydrogens (tertiary/aromatic N) is 1. The number of amides is 1. The van der Waals surface area contributed by atoms with E-state index in [1.54, 1.807) is 13.1 Å². The van der Waals surface area contributed by atoms with Crippen LogP contribution >= 0.6 is 23.8 Å². The highest BCUT2D eigenvalue weighted by Crippen LogP contribution is 2.20. The molecule has 0 spiro atoms. The minimum absolute atomic E-state index is 0.0773. The summed E-state index contributed by atoms with van der Waals surface area (Å²) in [4.78, 5) is 13.8. The zero-order valence-electron chi connectivity index (χ0n) is 10.8. The summed E-state index contributed by atoms with van der Waals surface area (Å²) in [5.74, 6) is -0.785. The molecule has 1 amide bonds. The van der Waals surface area contributed by atoms with Crippen LogP contribution in [0.4, 0.5) is 4.39 Å². The zero-order chi connectivity index (χ0) is 14.6. The molecule has 1 unspecified atom stereocenters. The number of thiocarbonyl (C=S) groups is 1. The molecule has 0 aromatic heterocycles. The maximum Gasteiger partial charge on any atom is 0.226 e. The fraction of sp³-hybridized carbons (Fsp3) is 0.385. The summed E-state index contributed by atoms with van der Waals surface area (Å²) in [7, 11) is 1.63. The molecule has 1 aromatic rings. The summed E-state index contributed by atoms with van der Waals surface area (Å²) in [5, 5.41) is 0.254. The largest absolute Gasteiger partial charge is 0.393 e. The lowest BCUT2D eigenvalue weighted by Gasteiger charge is -2.21. The van der Waals surface area contributed by atoms with Gasteiger partial charge in [-0.05, 0) is 12.1 Å². The first-order valence-corrected chi connectivity index (χ1v) is 6.57. The van der Waals surface area contributed by atoms with E-state index in [-0.39, 0.29) is 28.8 Å². The van der Waals surface area contributed by atoms with E-state index in [0.717, 1.165) is 0 Å². The fourth-order valence-electron chi connectivity index (χ4n) is 1.59. The Morgan fingerprint density at radius 3 is 2.74 bits per heavy atom. The Morgan fingerprint density at radius 2 is 2.21 bits per heavy atom. The molecule has 1 atom stereocenters. The van der Waals surface area contributed by atoms with Gasteiger partial charge in [0.05, 0.1) is 11.4 Å². The summed E-state index contributed by atoms with van der Waals surface area (Å²) < 4.78 is 13.6. The lowest BCUT2D eigenvalue weighted by molar-refractivity contribution is -0.129. The molecule has 1 rings (SSSR count). The number of benzene rings is 1. The third-order valence-corrected chi connectivity index (χ3v) is 3.61. The number of carbonyl (C=O) groups excluding carboxylic acids is 1. The molecule has 3 nitrogen and oxygen atoms in total. The monoisotopic (exact) mass is 302 g/mol. The van der Waals surface area contributed by atoms with Crippen molar-refractivity contribution in [1.82, 2.24) is 4.90 Å². The maximum atomic E-state index is 13.6. The van der Waals surface area contributed by atoms with E-state index in [4.69, 9.17) is 29.6 Å². The van der Waals surface area contributed by atoms with Gasteiger partial charge in [0.1, 0.15) is 5.82 Å². The van der Waals surface area contributed by atoms with Crippen molar-refractivity contribution in [2.24, 2.45) is 11.7 Å². The molecular formula is C13H16ClFN2OS. The Labute approximate surface area is 122 Å². The van der Waals surface area contributed by atoms with Gasteiger partial charge in [-0.3, -0.25) is 4.79 Å². The van der Waals surface area contributed by atoms with Crippen LogP contribution < -0.4 is 5.73 Å². The molecule has 0 saturated heterocycles. The van der Waals surface area contributed by atoms with E-state index < -0.39 is 5.82 Å². The van der Waals surface area contributed by atoms with Gasteiger partial charge in [0.25, 0.3) is 0 Å². The van der Waals surface area contributed by atoms with Crippen molar-refractivity contribution in [1.29, 1.82) is 0 Å². The van der Waals surface area contributed by atoms with Crippen LogP contribution in [0, 0.1) is 11.7 Å². The molecule has 0 aliphatic carbocycles. The van der Waals surface area contributed by atoms with Gasteiger partial charge in [-0.15, -0.1) is 0 Å². The highest BCUT2D eigenvalue weighted by Gasteiger charge is 2.17. The average molecular weight is 303 g/mol. The Balaban J connectivity index is 2.72. The fourth-order valence-corrected chi connectivity index (χ4v) is 1.89. The second kappa shape index (κ2) is 6.82. The highest BCUT2D eigenvalue weighted by molar-refractivity contribution is 7.80. The van der Waals surface area contributed by atoms with E-state index in [2.05, 4.69) is 0 Å². The van der Waals surface area contributed by atoms with Crippen LogP contribution in [0.1, 0.15) is 12.5 Å². The summed E-state index contributed by atoms with van der Waals surface area (Å²) in [6, 6.07) is 4.35. The molecule has 0 fully saturated rings. The van der Waals surface area contributed by atoms with Crippen molar-refractivity contribution < 1.29 is 9.18 Å². The van der Waals surface area contributed by atoms with Crippen LogP contribution in [0.2, 0.25) is 5.02 Å². The molecule has 0 saturated carbocycles. The third-order valence-electron chi connectivity index (χ3n) is 2.85. The van der Waals surface area contributed by atoms with Crippen LogP contribution in [0.3, 0.4) is 0 Å². The third kappa shape index (κ3) is 4.44. The summed E-state index contributed by atoms with van der Waals surface area (Å²) in [5.41, 5.74) is 5.71. The normalized spacial score (nSPS) is 12.0. The quantitative estimate of drug-likeness (QED) is 0.850. The first-order chi connectivity index (χ1) is 8.82. The van der Waals surface area contributed by atoms with Gasteiger partial charge in [-0.1, -0.05) is 36.8 Å². The summed E-state index contributed by atoms with van der Waals surface area (Å²) in [6.45, 7) is 2.24. The van der Waals surface area contributed by atoms with Crippen molar-refractivity contribution in [3.05, 3.63) is 34.6 Å². The van der Waals surface area contributed by atoms with Crippen molar-refractivity contribution in [2.45, 2.75) is 13.3 Å². The predicted molar refractivity (Wildman–Crippen MR) is 78.7 cm³/mol. The van der Waals surface area contributed by atoms with Gasteiger partial charge in [-0.25, -0.2) is 4.39 Å². The van der Waals surface area contributed by atoms with Gasteiger partial charge in [0, 0.05) is 30.1 Å². The molecule has 0 radical (unpaired) electrons. The minimum Gasteiger partial charge on any atom is -0.393 e. The van der Waals surface area contributed by atoms with E-state index in [9.17, 15) is 9.18 Å². The Hall–Kier alpha value is -1.20. The number of hydrogen-bond acceptors (Lipinski definition) is 2. The number of nitrogens with two attached hydrogens (primary N) is 1. The zero-order valence-corrected chi connectivity index (χ0v) is 12.4. The van der Waals surface area contributed by atoms with Gasteiger partial charge in [-0.2, -0.15) is 0 Å². The molecular weight excluding hydrogens is 287 g/mol. The van der Waals surface area contributed by atoms with Crippen molar-refractivity contribution >= 4 is 34.7 Å². The number of hydrogen-bond donors (Lipinski definition) is 1. The number of rotatable bonds is 5. The average Bonchev–Trinajstić information content (AvgIpc) is 2.33. The van der Waals surface area contributed by atoms with Crippen LogP contribution in [0.25, 0.3) is 0 Å². The van der Waals surface area contributed by atoms with Gasteiger partial charge < -0.3 is 10.6 Å². The Bertz CT molecular complexity index is 475.